The molecular weight excluding hydrogens is 492 g/mol. The Balaban J connectivity index is 2.09. The summed E-state index contributed by atoms with van der Waals surface area (Å²) < 4.78 is 15.4. The summed E-state index contributed by atoms with van der Waals surface area (Å²) in [5.74, 6) is -0.406. The molecule has 1 aliphatic rings. The topological polar surface area (TPSA) is 148 Å². The Kier molecular flexibility index (Phi) is 9.38. The van der Waals surface area contributed by atoms with E-state index in [4.69, 9.17) is 14.2 Å². The summed E-state index contributed by atoms with van der Waals surface area (Å²) in [5.41, 5.74) is 1.64. The van der Waals surface area contributed by atoms with Gasteiger partial charge in [-0.15, -0.1) is 0 Å². The molecule has 2 heterocycles. The summed E-state index contributed by atoms with van der Waals surface area (Å²) in [6.45, 7) is 7.30. The number of ether oxygens (including phenoxy) is 3. The number of carbonyl (C=O) groups is 3. The number of alkyl carbamates (subject to hydrolysis) is 1. The number of aromatic nitrogens is 1. The molecule has 0 saturated heterocycles. The minimum atomic E-state index is -0.682. The summed E-state index contributed by atoms with van der Waals surface area (Å²) in [5, 5.41) is 8.76. The van der Waals surface area contributed by atoms with Gasteiger partial charge in [-0.25, -0.2) is 14.4 Å². The minimum absolute atomic E-state index is 0.229. The van der Waals surface area contributed by atoms with E-state index in [1.165, 1.54) is 13.2 Å². The summed E-state index contributed by atoms with van der Waals surface area (Å²) in [6, 6.07) is 7.11. The van der Waals surface area contributed by atoms with Crippen LogP contribution in [0.15, 0.2) is 35.1 Å². The van der Waals surface area contributed by atoms with Gasteiger partial charge in [0.05, 0.1) is 19.8 Å². The third-order valence-electron chi connectivity index (χ3n) is 5.83. The minimum Gasteiger partial charge on any atom is -0.464 e. The number of amides is 2. The molecule has 1 aromatic carbocycles. The largest absolute Gasteiger partial charge is 0.464 e. The molecule has 1 aromatic heterocycles. The lowest BCUT2D eigenvalue weighted by Crippen LogP contribution is -2.36. The molecular formula is C27H36N4O7. The highest BCUT2D eigenvalue weighted by atomic mass is 16.6. The van der Waals surface area contributed by atoms with Gasteiger partial charge in [0.25, 0.3) is 0 Å². The third-order valence-corrected chi connectivity index (χ3v) is 5.83. The van der Waals surface area contributed by atoms with Crippen LogP contribution in [0.4, 0.5) is 21.0 Å². The second kappa shape index (κ2) is 12.5. The van der Waals surface area contributed by atoms with Crippen molar-refractivity contribution in [1.82, 2.24) is 10.3 Å². The van der Waals surface area contributed by atoms with Crippen molar-refractivity contribution in [2.75, 3.05) is 24.4 Å². The van der Waals surface area contributed by atoms with Crippen LogP contribution in [0, 0.1) is 0 Å². The number of hydrogen-bond acceptors (Lipinski definition) is 8. The number of carbonyl (C=O) groups excluding carboxylic acids is 3. The first kappa shape index (κ1) is 28.5. The zero-order valence-corrected chi connectivity index (χ0v) is 22.4. The second-order valence-corrected chi connectivity index (χ2v) is 10.00. The van der Waals surface area contributed by atoms with Crippen molar-refractivity contribution in [3.63, 3.8) is 0 Å². The maximum absolute atomic E-state index is 12.8. The fourth-order valence-electron chi connectivity index (χ4n) is 4.20. The van der Waals surface area contributed by atoms with Crippen LogP contribution in [-0.2, 0) is 19.0 Å². The maximum Gasteiger partial charge on any atom is 0.411 e. The molecule has 2 bridgehead atoms. The Hall–Kier alpha value is -4.02. The van der Waals surface area contributed by atoms with E-state index in [1.807, 2.05) is 0 Å². The van der Waals surface area contributed by atoms with Crippen molar-refractivity contribution < 1.29 is 28.6 Å². The standard InChI is InChI=1S/C27H36N4O7/c1-6-37-24(33)20-10-8-7-9-19(31-26(35)38-27(2,3)4)22-13-16(14-23(32)30-22)18-12-11-17(15-21(18)29-20)28-25(34)36-5/h11-15,19-20,29H,6-10H2,1-5H3,(H,28,34)(H,30,32)(H,31,35). The van der Waals surface area contributed by atoms with E-state index in [0.29, 0.717) is 53.9 Å². The number of pyridine rings is 1. The lowest BCUT2D eigenvalue weighted by Gasteiger charge is -2.26. The number of methoxy groups -OCH3 is 1. The molecule has 3 rings (SSSR count). The smallest absolute Gasteiger partial charge is 0.411 e. The number of nitrogens with one attached hydrogen (secondary N) is 4. The van der Waals surface area contributed by atoms with Gasteiger partial charge in [-0.2, -0.15) is 0 Å². The van der Waals surface area contributed by atoms with Crippen LogP contribution in [0.5, 0.6) is 0 Å². The molecule has 0 spiro atoms. The summed E-state index contributed by atoms with van der Waals surface area (Å²) in [7, 11) is 1.26. The van der Waals surface area contributed by atoms with Crippen LogP contribution in [-0.4, -0.2) is 48.5 Å². The maximum atomic E-state index is 12.8. The molecule has 1 aliphatic heterocycles. The molecule has 11 heteroatoms. The van der Waals surface area contributed by atoms with Gasteiger partial charge in [-0.3, -0.25) is 10.1 Å². The lowest BCUT2D eigenvalue weighted by molar-refractivity contribution is -0.144. The average Bonchev–Trinajstić information content (AvgIpc) is 2.83. The number of rotatable bonds is 4. The quantitative estimate of drug-likeness (QED) is 0.330. The van der Waals surface area contributed by atoms with E-state index in [1.54, 1.807) is 52.0 Å². The predicted molar refractivity (Wildman–Crippen MR) is 143 cm³/mol. The van der Waals surface area contributed by atoms with Crippen molar-refractivity contribution in [2.24, 2.45) is 0 Å². The molecule has 4 N–H and O–H groups in total. The summed E-state index contributed by atoms with van der Waals surface area (Å²) in [6.07, 6.45) is 1.05. The van der Waals surface area contributed by atoms with Gasteiger partial charge in [-0.05, 0) is 64.3 Å². The molecule has 2 amide bonds. The molecule has 2 unspecified atom stereocenters. The van der Waals surface area contributed by atoms with E-state index in [0.717, 1.165) is 0 Å². The fraction of sp³-hybridized carbons (Fsp3) is 0.481. The Morgan fingerprint density at radius 1 is 1.05 bits per heavy atom. The Morgan fingerprint density at radius 2 is 1.79 bits per heavy atom. The van der Waals surface area contributed by atoms with E-state index < -0.39 is 35.8 Å². The van der Waals surface area contributed by atoms with Gasteiger partial charge in [0.15, 0.2) is 0 Å². The molecule has 38 heavy (non-hydrogen) atoms. The molecule has 0 fully saturated rings. The number of benzene rings is 1. The number of aromatic amines is 1. The number of H-pyrrole nitrogens is 1. The Labute approximate surface area is 221 Å². The van der Waals surface area contributed by atoms with Gasteiger partial charge in [0, 0.05) is 28.7 Å². The van der Waals surface area contributed by atoms with Crippen LogP contribution >= 0.6 is 0 Å². The number of esters is 1. The molecule has 2 atom stereocenters. The van der Waals surface area contributed by atoms with Crippen molar-refractivity contribution in [3.8, 4) is 11.1 Å². The fourth-order valence-corrected chi connectivity index (χ4v) is 4.20. The van der Waals surface area contributed by atoms with Crippen molar-refractivity contribution in [1.29, 1.82) is 0 Å². The first-order valence-electron chi connectivity index (χ1n) is 12.7. The van der Waals surface area contributed by atoms with E-state index in [2.05, 4.69) is 20.9 Å². The zero-order chi connectivity index (χ0) is 27.9. The normalized spacial score (nSPS) is 17.4. The molecule has 0 aliphatic carbocycles. The second-order valence-electron chi connectivity index (χ2n) is 10.00. The van der Waals surface area contributed by atoms with Gasteiger partial charge < -0.3 is 29.8 Å². The lowest BCUT2D eigenvalue weighted by atomic mass is 9.96. The molecule has 206 valence electrons. The third kappa shape index (κ3) is 7.99. The molecule has 11 nitrogen and oxygen atoms in total. The number of hydrogen-bond donors (Lipinski definition) is 4. The SMILES string of the molecule is CCOC(=O)C1CCCCC(NC(=O)OC(C)(C)C)c2cc(cc(=O)[nH]2)-c2ccc(NC(=O)OC)cc2N1. The van der Waals surface area contributed by atoms with Gasteiger partial charge in [0.1, 0.15) is 11.6 Å². The predicted octanol–water partition coefficient (Wildman–Crippen LogP) is 4.70. The molecule has 0 saturated carbocycles. The van der Waals surface area contributed by atoms with Crippen LogP contribution in [0.3, 0.4) is 0 Å². The van der Waals surface area contributed by atoms with E-state index in [9.17, 15) is 19.2 Å². The summed E-state index contributed by atoms with van der Waals surface area (Å²) >= 11 is 0. The number of fused-ring (bicyclic) bond motifs is 4. The van der Waals surface area contributed by atoms with Crippen molar-refractivity contribution in [2.45, 2.75) is 71.1 Å². The van der Waals surface area contributed by atoms with E-state index >= 15 is 0 Å². The highest BCUT2D eigenvalue weighted by Gasteiger charge is 2.25. The monoisotopic (exact) mass is 528 g/mol. The van der Waals surface area contributed by atoms with Crippen LogP contribution < -0.4 is 21.5 Å². The van der Waals surface area contributed by atoms with Crippen LogP contribution in [0.25, 0.3) is 11.1 Å². The zero-order valence-electron chi connectivity index (χ0n) is 22.4. The number of anilines is 2. The summed E-state index contributed by atoms with van der Waals surface area (Å²) in [4.78, 5) is 52.8. The highest BCUT2D eigenvalue weighted by Crippen LogP contribution is 2.33. The van der Waals surface area contributed by atoms with Gasteiger partial charge in [0.2, 0.25) is 5.56 Å². The highest BCUT2D eigenvalue weighted by molar-refractivity contribution is 5.90. The van der Waals surface area contributed by atoms with Gasteiger partial charge >= 0.3 is 18.2 Å². The van der Waals surface area contributed by atoms with Crippen molar-refractivity contribution >= 4 is 29.5 Å². The first-order chi connectivity index (χ1) is 18.0. The van der Waals surface area contributed by atoms with Crippen LogP contribution in [0.2, 0.25) is 0 Å². The van der Waals surface area contributed by atoms with Crippen molar-refractivity contribution in [3.05, 3.63) is 46.4 Å². The molecule has 2 aromatic rings. The van der Waals surface area contributed by atoms with Gasteiger partial charge in [-0.1, -0.05) is 18.9 Å². The average molecular weight is 529 g/mol. The first-order valence-corrected chi connectivity index (χ1v) is 12.7. The Bertz CT molecular complexity index is 1220. The van der Waals surface area contributed by atoms with Crippen LogP contribution in [0.1, 0.15) is 65.1 Å². The molecule has 0 radical (unpaired) electrons. The Morgan fingerprint density at radius 3 is 2.47 bits per heavy atom. The van der Waals surface area contributed by atoms with E-state index in [-0.39, 0.29) is 12.2 Å².